The van der Waals surface area contributed by atoms with Crippen LogP contribution in [0.25, 0.3) is 0 Å². The lowest BCUT2D eigenvalue weighted by Crippen LogP contribution is -2.34. The summed E-state index contributed by atoms with van der Waals surface area (Å²) in [5.74, 6) is 1.11. The summed E-state index contributed by atoms with van der Waals surface area (Å²) in [6.45, 7) is 7.14. The van der Waals surface area contributed by atoms with E-state index in [1.165, 1.54) is 28.1 Å². The van der Waals surface area contributed by atoms with Crippen molar-refractivity contribution in [3.63, 3.8) is 0 Å². The fraction of sp³-hybridized carbons (Fsp3) is 0.278. The summed E-state index contributed by atoms with van der Waals surface area (Å²) >= 11 is 0. The van der Waals surface area contributed by atoms with Gasteiger partial charge in [0.2, 0.25) is 5.96 Å². The Morgan fingerprint density at radius 2 is 1.68 bits per heavy atom. The molecule has 0 unspecified atom stereocenters. The average Bonchev–Trinajstić information content (AvgIpc) is 3.06. The zero-order valence-electron chi connectivity index (χ0n) is 12.9. The number of hydrogen-bond donors (Lipinski definition) is 0. The summed E-state index contributed by atoms with van der Waals surface area (Å²) in [4.78, 5) is 9.42. The average molecular weight is 314 g/mol. The molecule has 0 radical (unpaired) electrons. The Labute approximate surface area is 137 Å². The number of guanidine groups is 1. The molecule has 0 spiro atoms. The SMILES string of the molecule is Cc1cc2c(cc1C)N(Cc1ccccc1)C1=NCCN12.Cl. The maximum Gasteiger partial charge on any atom is 0.206 e. The summed E-state index contributed by atoms with van der Waals surface area (Å²) in [6.07, 6.45) is 0. The van der Waals surface area contributed by atoms with Crippen LogP contribution < -0.4 is 9.80 Å². The molecule has 0 aliphatic carbocycles. The molecule has 0 atom stereocenters. The summed E-state index contributed by atoms with van der Waals surface area (Å²) in [5, 5.41) is 0. The third kappa shape index (κ3) is 2.26. The van der Waals surface area contributed by atoms with Crippen molar-refractivity contribution in [1.82, 2.24) is 0 Å². The molecule has 0 saturated carbocycles. The van der Waals surface area contributed by atoms with E-state index in [0.29, 0.717) is 0 Å². The molecule has 2 aliphatic heterocycles. The van der Waals surface area contributed by atoms with Gasteiger partial charge in [-0.25, -0.2) is 0 Å². The highest BCUT2D eigenvalue weighted by Gasteiger charge is 2.35. The molecule has 2 aromatic carbocycles. The maximum absolute atomic E-state index is 4.72. The zero-order chi connectivity index (χ0) is 14.4. The number of benzene rings is 2. The Hall–Kier alpha value is -2.00. The standard InChI is InChI=1S/C18H19N3.ClH/c1-13-10-16-17(11-14(13)2)21(18-19-8-9-20(16)18)12-15-6-4-3-5-7-15;/h3-7,10-11H,8-9,12H2,1-2H3;1H. The first-order chi connectivity index (χ1) is 10.2. The second kappa shape index (κ2) is 5.65. The highest BCUT2D eigenvalue weighted by Crippen LogP contribution is 2.41. The molecule has 22 heavy (non-hydrogen) atoms. The van der Waals surface area contributed by atoms with Crippen molar-refractivity contribution in [3.05, 3.63) is 59.2 Å². The van der Waals surface area contributed by atoms with E-state index < -0.39 is 0 Å². The number of aryl methyl sites for hydroxylation is 2. The van der Waals surface area contributed by atoms with Crippen LogP contribution in [0, 0.1) is 13.8 Å². The monoisotopic (exact) mass is 313 g/mol. The van der Waals surface area contributed by atoms with Crippen LogP contribution in [-0.4, -0.2) is 19.0 Å². The Morgan fingerprint density at radius 1 is 1.00 bits per heavy atom. The first kappa shape index (κ1) is 14.9. The summed E-state index contributed by atoms with van der Waals surface area (Å²) in [6, 6.07) is 15.2. The lowest BCUT2D eigenvalue weighted by molar-refractivity contribution is 1.01. The minimum absolute atomic E-state index is 0. The van der Waals surface area contributed by atoms with Crippen molar-refractivity contribution in [3.8, 4) is 0 Å². The van der Waals surface area contributed by atoms with E-state index in [2.05, 4.69) is 66.1 Å². The van der Waals surface area contributed by atoms with Crippen LogP contribution in [0.3, 0.4) is 0 Å². The molecule has 2 aliphatic rings. The number of fused-ring (bicyclic) bond motifs is 3. The van der Waals surface area contributed by atoms with Crippen LogP contribution in [0.1, 0.15) is 16.7 Å². The number of aliphatic imine (C=N–C) groups is 1. The third-order valence-electron chi connectivity index (χ3n) is 4.42. The van der Waals surface area contributed by atoms with Crippen molar-refractivity contribution in [2.24, 2.45) is 4.99 Å². The number of nitrogens with zero attached hydrogens (tertiary/aromatic N) is 3. The molecule has 2 aromatic rings. The van der Waals surface area contributed by atoms with Gasteiger partial charge in [-0.15, -0.1) is 12.4 Å². The molecule has 0 fully saturated rings. The predicted octanol–water partition coefficient (Wildman–Crippen LogP) is 3.92. The van der Waals surface area contributed by atoms with E-state index in [1.807, 2.05) is 0 Å². The van der Waals surface area contributed by atoms with Gasteiger partial charge in [0.25, 0.3) is 0 Å². The molecule has 0 amide bonds. The normalized spacial score (nSPS) is 15.3. The molecule has 0 N–H and O–H groups in total. The van der Waals surface area contributed by atoms with Crippen LogP contribution in [0.5, 0.6) is 0 Å². The van der Waals surface area contributed by atoms with Crippen LogP contribution in [0.4, 0.5) is 11.4 Å². The third-order valence-corrected chi connectivity index (χ3v) is 4.42. The minimum Gasteiger partial charge on any atom is -0.308 e. The van der Waals surface area contributed by atoms with Crippen LogP contribution in [0.2, 0.25) is 0 Å². The van der Waals surface area contributed by atoms with Crippen molar-refractivity contribution in [2.75, 3.05) is 22.9 Å². The van der Waals surface area contributed by atoms with E-state index in [-0.39, 0.29) is 12.4 Å². The van der Waals surface area contributed by atoms with Crippen LogP contribution in [-0.2, 0) is 6.54 Å². The second-order valence-corrected chi connectivity index (χ2v) is 5.83. The van der Waals surface area contributed by atoms with E-state index in [1.54, 1.807) is 0 Å². The molecule has 0 bridgehead atoms. The van der Waals surface area contributed by atoms with Crippen LogP contribution >= 0.6 is 12.4 Å². The Morgan fingerprint density at radius 3 is 2.41 bits per heavy atom. The first-order valence-electron chi connectivity index (χ1n) is 7.49. The van der Waals surface area contributed by atoms with Gasteiger partial charge in [-0.05, 0) is 42.7 Å². The first-order valence-corrected chi connectivity index (χ1v) is 7.49. The number of hydrogen-bond acceptors (Lipinski definition) is 3. The topological polar surface area (TPSA) is 18.8 Å². The van der Waals surface area contributed by atoms with Crippen LogP contribution in [0.15, 0.2) is 47.5 Å². The zero-order valence-corrected chi connectivity index (χ0v) is 13.7. The molecule has 2 heterocycles. The van der Waals surface area contributed by atoms with E-state index in [0.717, 1.165) is 25.6 Å². The lowest BCUT2D eigenvalue weighted by atomic mass is 10.1. The maximum atomic E-state index is 4.72. The Kier molecular flexibility index (Phi) is 3.83. The van der Waals surface area contributed by atoms with Gasteiger partial charge in [0, 0.05) is 6.54 Å². The molecular weight excluding hydrogens is 294 g/mol. The molecule has 4 rings (SSSR count). The molecule has 0 saturated heterocycles. The minimum atomic E-state index is 0. The summed E-state index contributed by atoms with van der Waals surface area (Å²) in [5.41, 5.74) is 6.61. The highest BCUT2D eigenvalue weighted by atomic mass is 35.5. The van der Waals surface area contributed by atoms with Gasteiger partial charge >= 0.3 is 0 Å². The van der Waals surface area contributed by atoms with Crippen molar-refractivity contribution in [1.29, 1.82) is 0 Å². The number of rotatable bonds is 2. The van der Waals surface area contributed by atoms with Gasteiger partial charge in [0.1, 0.15) is 0 Å². The van der Waals surface area contributed by atoms with Gasteiger partial charge in [-0.2, -0.15) is 0 Å². The van der Waals surface area contributed by atoms with Crippen molar-refractivity contribution >= 4 is 29.7 Å². The summed E-state index contributed by atoms with van der Waals surface area (Å²) in [7, 11) is 0. The predicted molar refractivity (Wildman–Crippen MR) is 95.4 cm³/mol. The Bertz CT molecular complexity index is 725. The van der Waals surface area contributed by atoms with E-state index >= 15 is 0 Å². The smallest absolute Gasteiger partial charge is 0.206 e. The molecular formula is C18H20ClN3. The van der Waals surface area contributed by atoms with Crippen molar-refractivity contribution < 1.29 is 0 Å². The van der Waals surface area contributed by atoms with E-state index in [4.69, 9.17) is 4.99 Å². The molecule has 3 nitrogen and oxygen atoms in total. The number of anilines is 2. The summed E-state index contributed by atoms with van der Waals surface area (Å²) < 4.78 is 0. The van der Waals surface area contributed by atoms with E-state index in [9.17, 15) is 0 Å². The molecule has 4 heteroatoms. The second-order valence-electron chi connectivity index (χ2n) is 5.83. The van der Waals surface area contributed by atoms with Gasteiger partial charge in [-0.1, -0.05) is 30.3 Å². The molecule has 0 aromatic heterocycles. The fourth-order valence-corrected chi connectivity index (χ4v) is 3.14. The van der Waals surface area contributed by atoms with Gasteiger partial charge in [-0.3, -0.25) is 4.99 Å². The number of halogens is 1. The molecule has 114 valence electrons. The van der Waals surface area contributed by atoms with Gasteiger partial charge in [0.15, 0.2) is 0 Å². The largest absolute Gasteiger partial charge is 0.308 e. The fourth-order valence-electron chi connectivity index (χ4n) is 3.14. The highest BCUT2D eigenvalue weighted by molar-refractivity contribution is 6.17. The quantitative estimate of drug-likeness (QED) is 0.837. The van der Waals surface area contributed by atoms with Gasteiger partial charge in [0.05, 0.1) is 24.5 Å². The lowest BCUT2D eigenvalue weighted by Gasteiger charge is -2.19. The van der Waals surface area contributed by atoms with Gasteiger partial charge < -0.3 is 9.80 Å². The van der Waals surface area contributed by atoms with Crippen molar-refractivity contribution in [2.45, 2.75) is 20.4 Å². The Balaban J connectivity index is 0.00000144.